The highest BCUT2D eigenvalue weighted by molar-refractivity contribution is 6.08. The molecular formula is C22H19FN6O2. The van der Waals surface area contributed by atoms with Crippen LogP contribution >= 0.6 is 0 Å². The van der Waals surface area contributed by atoms with Crippen LogP contribution in [0.5, 0.6) is 0 Å². The normalized spacial score (nSPS) is 14.0. The predicted octanol–water partition coefficient (Wildman–Crippen LogP) is 3.02. The van der Waals surface area contributed by atoms with Crippen LogP contribution in [0.25, 0.3) is 16.9 Å². The van der Waals surface area contributed by atoms with Gasteiger partial charge in [0.1, 0.15) is 17.5 Å². The number of pyridine rings is 1. The highest BCUT2D eigenvalue weighted by atomic mass is 19.1. The van der Waals surface area contributed by atoms with Gasteiger partial charge in [-0.15, -0.1) is 0 Å². The van der Waals surface area contributed by atoms with Crippen molar-refractivity contribution in [3.8, 4) is 11.3 Å². The molecule has 9 heteroatoms. The molecule has 1 aromatic carbocycles. The molecule has 0 saturated carbocycles. The van der Waals surface area contributed by atoms with Gasteiger partial charge in [0.05, 0.1) is 30.7 Å². The van der Waals surface area contributed by atoms with E-state index < -0.39 is 0 Å². The standard InChI is InChI=1S/C22H19FN6O2/c23-17-5-2-1-4-15(17)18-14-29-21(25-18)16(8-9-24-29)22(30)27-19-6-3-7-20(26-19)28-10-12-31-13-11-28/h1-9,14H,10-13H2,(H,26,27,30). The summed E-state index contributed by atoms with van der Waals surface area (Å²) in [6, 6.07) is 13.4. The molecule has 5 rings (SSSR count). The lowest BCUT2D eigenvalue weighted by Crippen LogP contribution is -2.36. The van der Waals surface area contributed by atoms with E-state index in [4.69, 9.17) is 4.74 Å². The molecule has 0 radical (unpaired) electrons. The first-order valence-corrected chi connectivity index (χ1v) is 9.89. The van der Waals surface area contributed by atoms with E-state index in [0.29, 0.717) is 41.5 Å². The summed E-state index contributed by atoms with van der Waals surface area (Å²) in [6.45, 7) is 2.81. The average Bonchev–Trinajstić information content (AvgIpc) is 3.24. The number of amides is 1. The fourth-order valence-electron chi connectivity index (χ4n) is 3.52. The van der Waals surface area contributed by atoms with Crippen LogP contribution in [0.3, 0.4) is 0 Å². The number of hydrogen-bond donors (Lipinski definition) is 1. The average molecular weight is 418 g/mol. The maximum atomic E-state index is 14.2. The molecule has 1 aliphatic rings. The first kappa shape index (κ1) is 19.1. The molecule has 31 heavy (non-hydrogen) atoms. The largest absolute Gasteiger partial charge is 0.378 e. The Morgan fingerprint density at radius 2 is 1.87 bits per heavy atom. The molecule has 4 aromatic rings. The lowest BCUT2D eigenvalue weighted by molar-refractivity contribution is 0.102. The number of carbonyl (C=O) groups is 1. The number of halogens is 1. The fourth-order valence-corrected chi connectivity index (χ4v) is 3.52. The number of nitrogens with one attached hydrogen (secondary N) is 1. The zero-order chi connectivity index (χ0) is 21.2. The number of carbonyl (C=O) groups excluding carboxylic acids is 1. The summed E-state index contributed by atoms with van der Waals surface area (Å²) in [5.74, 6) is 0.458. The molecule has 8 nitrogen and oxygen atoms in total. The fraction of sp³-hybridized carbons (Fsp3) is 0.182. The number of fused-ring (bicyclic) bond motifs is 1. The second kappa shape index (κ2) is 8.11. The quantitative estimate of drug-likeness (QED) is 0.549. The molecule has 4 heterocycles. The number of rotatable bonds is 4. The first-order valence-electron chi connectivity index (χ1n) is 9.89. The van der Waals surface area contributed by atoms with Gasteiger partial charge in [0.25, 0.3) is 5.91 Å². The number of aromatic nitrogens is 4. The molecule has 1 N–H and O–H groups in total. The molecule has 156 valence electrons. The Hall–Kier alpha value is -3.85. The van der Waals surface area contributed by atoms with Gasteiger partial charge in [0.15, 0.2) is 5.65 Å². The third-order valence-corrected chi connectivity index (χ3v) is 5.07. The van der Waals surface area contributed by atoms with E-state index >= 15 is 0 Å². The van der Waals surface area contributed by atoms with Gasteiger partial charge < -0.3 is 15.0 Å². The van der Waals surface area contributed by atoms with Gasteiger partial charge in [-0.05, 0) is 30.3 Å². The third kappa shape index (κ3) is 3.82. The van der Waals surface area contributed by atoms with Gasteiger partial charge in [-0.1, -0.05) is 18.2 Å². The Labute approximate surface area is 177 Å². The van der Waals surface area contributed by atoms with Crippen LogP contribution in [-0.2, 0) is 4.74 Å². The summed E-state index contributed by atoms with van der Waals surface area (Å²) < 4.78 is 21.0. The van der Waals surface area contributed by atoms with Crippen molar-refractivity contribution < 1.29 is 13.9 Å². The van der Waals surface area contributed by atoms with E-state index in [1.54, 1.807) is 36.5 Å². The summed E-state index contributed by atoms with van der Waals surface area (Å²) in [5.41, 5.74) is 1.40. The highest BCUT2D eigenvalue weighted by Gasteiger charge is 2.18. The van der Waals surface area contributed by atoms with Gasteiger partial charge in [0, 0.05) is 24.8 Å². The van der Waals surface area contributed by atoms with Crippen molar-refractivity contribution in [3.05, 3.63) is 72.3 Å². The summed E-state index contributed by atoms with van der Waals surface area (Å²) >= 11 is 0. The van der Waals surface area contributed by atoms with Crippen molar-refractivity contribution in [1.29, 1.82) is 0 Å². The van der Waals surface area contributed by atoms with E-state index in [1.165, 1.54) is 16.8 Å². The molecule has 0 atom stereocenters. The molecule has 0 unspecified atom stereocenters. The Bertz CT molecular complexity index is 1250. The highest BCUT2D eigenvalue weighted by Crippen LogP contribution is 2.23. The van der Waals surface area contributed by atoms with E-state index in [9.17, 15) is 9.18 Å². The van der Waals surface area contributed by atoms with Gasteiger partial charge in [-0.2, -0.15) is 5.10 Å². The van der Waals surface area contributed by atoms with Gasteiger partial charge in [0.2, 0.25) is 0 Å². The van der Waals surface area contributed by atoms with Crippen molar-refractivity contribution in [1.82, 2.24) is 19.6 Å². The summed E-state index contributed by atoms with van der Waals surface area (Å²) in [5, 5.41) is 7.03. The van der Waals surface area contributed by atoms with E-state index in [1.807, 2.05) is 12.1 Å². The molecular weight excluding hydrogens is 399 g/mol. The Balaban J connectivity index is 1.43. The SMILES string of the molecule is O=C(Nc1cccc(N2CCOCC2)n1)c1ccnn2cc(-c3ccccc3F)nc12. The first-order chi connectivity index (χ1) is 15.2. The lowest BCUT2D eigenvalue weighted by atomic mass is 10.1. The van der Waals surface area contributed by atoms with Crippen molar-refractivity contribution in [3.63, 3.8) is 0 Å². The second-order valence-electron chi connectivity index (χ2n) is 7.05. The maximum absolute atomic E-state index is 14.2. The maximum Gasteiger partial charge on any atom is 0.260 e. The number of ether oxygens (including phenoxy) is 1. The molecule has 1 aliphatic heterocycles. The van der Waals surface area contributed by atoms with Crippen LogP contribution < -0.4 is 10.2 Å². The van der Waals surface area contributed by atoms with Gasteiger partial charge in [-0.3, -0.25) is 4.79 Å². The molecule has 0 aliphatic carbocycles. The van der Waals surface area contributed by atoms with Crippen LogP contribution in [-0.4, -0.2) is 51.8 Å². The summed E-state index contributed by atoms with van der Waals surface area (Å²) in [7, 11) is 0. The van der Waals surface area contributed by atoms with Crippen molar-refractivity contribution in [2.45, 2.75) is 0 Å². The van der Waals surface area contributed by atoms with E-state index in [0.717, 1.165) is 18.9 Å². The lowest BCUT2D eigenvalue weighted by Gasteiger charge is -2.28. The molecule has 0 spiro atoms. The zero-order valence-electron chi connectivity index (χ0n) is 16.5. The monoisotopic (exact) mass is 418 g/mol. The van der Waals surface area contributed by atoms with Crippen molar-refractivity contribution in [2.24, 2.45) is 0 Å². The number of nitrogens with zero attached hydrogens (tertiary/aromatic N) is 5. The second-order valence-corrected chi connectivity index (χ2v) is 7.05. The zero-order valence-corrected chi connectivity index (χ0v) is 16.5. The van der Waals surface area contributed by atoms with Crippen LogP contribution in [0.2, 0.25) is 0 Å². The van der Waals surface area contributed by atoms with Crippen molar-refractivity contribution in [2.75, 3.05) is 36.5 Å². The topological polar surface area (TPSA) is 84.7 Å². The summed E-state index contributed by atoms with van der Waals surface area (Å²) in [6.07, 6.45) is 3.11. The minimum atomic E-state index is -0.388. The third-order valence-electron chi connectivity index (χ3n) is 5.07. The number of benzene rings is 1. The van der Waals surface area contributed by atoms with Crippen LogP contribution in [0, 0.1) is 5.82 Å². The minimum Gasteiger partial charge on any atom is -0.378 e. The Morgan fingerprint density at radius 1 is 1.03 bits per heavy atom. The number of hydrogen-bond acceptors (Lipinski definition) is 6. The smallest absolute Gasteiger partial charge is 0.260 e. The molecule has 0 bridgehead atoms. The van der Waals surface area contributed by atoms with Crippen LogP contribution in [0.1, 0.15) is 10.4 Å². The predicted molar refractivity (Wildman–Crippen MR) is 114 cm³/mol. The Kier molecular flexibility index (Phi) is 5.01. The molecule has 1 amide bonds. The van der Waals surface area contributed by atoms with E-state index in [-0.39, 0.29) is 11.7 Å². The number of anilines is 2. The van der Waals surface area contributed by atoms with Crippen LogP contribution in [0.15, 0.2) is 60.9 Å². The van der Waals surface area contributed by atoms with Gasteiger partial charge >= 0.3 is 0 Å². The number of imidazole rings is 1. The molecule has 3 aromatic heterocycles. The molecule has 1 saturated heterocycles. The molecule has 1 fully saturated rings. The minimum absolute atomic E-state index is 0.316. The van der Waals surface area contributed by atoms with Gasteiger partial charge in [-0.25, -0.2) is 18.9 Å². The number of morpholine rings is 1. The van der Waals surface area contributed by atoms with E-state index in [2.05, 4.69) is 25.3 Å². The van der Waals surface area contributed by atoms with Crippen molar-refractivity contribution >= 4 is 23.2 Å². The Morgan fingerprint density at radius 3 is 2.71 bits per heavy atom. The van der Waals surface area contributed by atoms with Crippen LogP contribution in [0.4, 0.5) is 16.0 Å². The summed E-state index contributed by atoms with van der Waals surface area (Å²) in [4.78, 5) is 24.1.